The van der Waals surface area contributed by atoms with E-state index in [0.29, 0.717) is 10.6 Å². The Labute approximate surface area is 118 Å². The molecule has 2 aromatic rings. The van der Waals surface area contributed by atoms with Crippen molar-refractivity contribution >= 4 is 17.4 Å². The van der Waals surface area contributed by atoms with E-state index in [4.69, 9.17) is 16.3 Å². The smallest absolute Gasteiger partial charge is 0.202 e. The summed E-state index contributed by atoms with van der Waals surface area (Å²) in [6, 6.07) is 14.5. The molecular formula is C16H15ClO2. The van der Waals surface area contributed by atoms with E-state index in [1.165, 1.54) is 0 Å². The number of Topliss-reactive ketones (excluding diaryl/α,β-unsaturated/α-hetero) is 1. The Morgan fingerprint density at radius 1 is 1.11 bits per heavy atom. The maximum absolute atomic E-state index is 12.2. The van der Waals surface area contributed by atoms with Gasteiger partial charge in [0.25, 0.3) is 0 Å². The first-order chi connectivity index (χ1) is 9.08. The van der Waals surface area contributed by atoms with Gasteiger partial charge in [0, 0.05) is 10.6 Å². The second kappa shape index (κ2) is 5.89. The normalized spacial score (nSPS) is 11.9. The van der Waals surface area contributed by atoms with Gasteiger partial charge in [-0.25, -0.2) is 0 Å². The molecule has 1 atom stereocenters. The van der Waals surface area contributed by atoms with E-state index in [0.717, 1.165) is 11.3 Å². The van der Waals surface area contributed by atoms with E-state index in [1.54, 1.807) is 31.2 Å². The molecule has 2 nitrogen and oxygen atoms in total. The maximum atomic E-state index is 12.2. The lowest BCUT2D eigenvalue weighted by Gasteiger charge is -2.15. The van der Waals surface area contributed by atoms with E-state index in [1.807, 2.05) is 31.2 Å². The van der Waals surface area contributed by atoms with Crippen LogP contribution in [0.3, 0.4) is 0 Å². The maximum Gasteiger partial charge on any atom is 0.202 e. The molecule has 0 spiro atoms. The summed E-state index contributed by atoms with van der Waals surface area (Å²) in [5, 5.41) is 0.615. The molecule has 2 aromatic carbocycles. The van der Waals surface area contributed by atoms with Crippen molar-refractivity contribution in [2.45, 2.75) is 20.0 Å². The average Bonchev–Trinajstić information content (AvgIpc) is 2.41. The minimum atomic E-state index is -0.526. The van der Waals surface area contributed by atoms with Gasteiger partial charge in [-0.15, -0.1) is 0 Å². The lowest BCUT2D eigenvalue weighted by atomic mass is 10.1. The van der Waals surface area contributed by atoms with Crippen molar-refractivity contribution < 1.29 is 9.53 Å². The summed E-state index contributed by atoms with van der Waals surface area (Å²) >= 11 is 5.80. The zero-order valence-electron chi connectivity index (χ0n) is 10.9. The van der Waals surface area contributed by atoms with Crippen LogP contribution >= 0.6 is 11.6 Å². The van der Waals surface area contributed by atoms with Gasteiger partial charge in [-0.05, 0) is 49.7 Å². The summed E-state index contributed by atoms with van der Waals surface area (Å²) in [5.74, 6) is 0.678. The molecule has 19 heavy (non-hydrogen) atoms. The number of ketones is 1. The van der Waals surface area contributed by atoms with Gasteiger partial charge in [0.15, 0.2) is 6.10 Å². The first-order valence-electron chi connectivity index (χ1n) is 6.10. The Morgan fingerprint density at radius 3 is 2.37 bits per heavy atom. The van der Waals surface area contributed by atoms with Gasteiger partial charge in [-0.1, -0.05) is 29.8 Å². The Balaban J connectivity index is 2.12. The number of benzene rings is 2. The van der Waals surface area contributed by atoms with E-state index in [-0.39, 0.29) is 5.78 Å². The van der Waals surface area contributed by atoms with E-state index < -0.39 is 6.10 Å². The topological polar surface area (TPSA) is 26.3 Å². The molecule has 0 saturated carbocycles. The van der Waals surface area contributed by atoms with Crippen molar-refractivity contribution in [3.8, 4) is 5.75 Å². The zero-order valence-corrected chi connectivity index (χ0v) is 11.6. The van der Waals surface area contributed by atoms with Crippen LogP contribution in [0.15, 0.2) is 48.5 Å². The molecule has 0 amide bonds. The van der Waals surface area contributed by atoms with Crippen molar-refractivity contribution in [1.29, 1.82) is 0 Å². The van der Waals surface area contributed by atoms with Crippen molar-refractivity contribution in [1.82, 2.24) is 0 Å². The number of hydrogen-bond acceptors (Lipinski definition) is 2. The molecule has 0 aromatic heterocycles. The van der Waals surface area contributed by atoms with Crippen LogP contribution in [-0.4, -0.2) is 11.9 Å². The molecule has 0 aliphatic rings. The summed E-state index contributed by atoms with van der Waals surface area (Å²) < 4.78 is 5.71. The molecule has 0 fully saturated rings. The Hall–Kier alpha value is -1.80. The van der Waals surface area contributed by atoms with Crippen LogP contribution in [0.25, 0.3) is 0 Å². The highest BCUT2D eigenvalue weighted by Gasteiger charge is 2.17. The largest absolute Gasteiger partial charge is 0.482 e. The third-order valence-corrected chi connectivity index (χ3v) is 3.15. The van der Waals surface area contributed by atoms with Gasteiger partial charge in [0.05, 0.1) is 0 Å². The number of carbonyl (C=O) groups is 1. The SMILES string of the molecule is Cc1ccccc1O[C@@H](C)C(=O)c1ccc(Cl)cc1. The summed E-state index contributed by atoms with van der Waals surface area (Å²) in [6.45, 7) is 3.71. The zero-order chi connectivity index (χ0) is 13.8. The molecule has 0 aliphatic heterocycles. The summed E-state index contributed by atoms with van der Waals surface area (Å²) in [6.07, 6.45) is -0.526. The molecule has 2 rings (SSSR count). The standard InChI is InChI=1S/C16H15ClO2/c1-11-5-3-4-6-15(11)19-12(2)16(18)13-7-9-14(17)10-8-13/h3-10,12H,1-2H3/t12-/m0/s1. The monoisotopic (exact) mass is 274 g/mol. The van der Waals surface area contributed by atoms with Gasteiger partial charge in [-0.2, -0.15) is 0 Å². The minimum Gasteiger partial charge on any atom is -0.482 e. The molecule has 0 bridgehead atoms. The van der Waals surface area contributed by atoms with Crippen molar-refractivity contribution in [3.05, 3.63) is 64.7 Å². The van der Waals surface area contributed by atoms with Crippen LogP contribution < -0.4 is 4.74 Å². The minimum absolute atomic E-state index is 0.0556. The van der Waals surface area contributed by atoms with Crippen LogP contribution in [0.2, 0.25) is 5.02 Å². The third-order valence-electron chi connectivity index (χ3n) is 2.90. The Morgan fingerprint density at radius 2 is 1.74 bits per heavy atom. The molecule has 0 saturated heterocycles. The van der Waals surface area contributed by atoms with Gasteiger partial charge < -0.3 is 4.74 Å². The Bertz CT molecular complexity index is 576. The highest BCUT2D eigenvalue weighted by atomic mass is 35.5. The van der Waals surface area contributed by atoms with E-state index >= 15 is 0 Å². The fourth-order valence-corrected chi connectivity index (χ4v) is 1.91. The molecule has 0 radical (unpaired) electrons. The van der Waals surface area contributed by atoms with Gasteiger partial charge in [0.1, 0.15) is 5.75 Å². The Kier molecular flexibility index (Phi) is 4.23. The first-order valence-corrected chi connectivity index (χ1v) is 6.48. The predicted molar refractivity (Wildman–Crippen MR) is 77.1 cm³/mol. The first kappa shape index (κ1) is 13.6. The summed E-state index contributed by atoms with van der Waals surface area (Å²) in [5.41, 5.74) is 1.61. The average molecular weight is 275 g/mol. The lowest BCUT2D eigenvalue weighted by Crippen LogP contribution is -2.24. The van der Waals surface area contributed by atoms with Crippen molar-refractivity contribution in [2.75, 3.05) is 0 Å². The molecule has 0 aliphatic carbocycles. The number of rotatable bonds is 4. The molecule has 0 unspecified atom stereocenters. The van der Waals surface area contributed by atoms with Crippen LogP contribution in [0.4, 0.5) is 0 Å². The second-order valence-electron chi connectivity index (χ2n) is 4.40. The van der Waals surface area contributed by atoms with Crippen molar-refractivity contribution in [3.63, 3.8) is 0 Å². The van der Waals surface area contributed by atoms with Crippen molar-refractivity contribution in [2.24, 2.45) is 0 Å². The highest BCUT2D eigenvalue weighted by molar-refractivity contribution is 6.30. The molecule has 98 valence electrons. The summed E-state index contributed by atoms with van der Waals surface area (Å²) in [7, 11) is 0. The van der Waals surface area contributed by atoms with Crippen LogP contribution in [0, 0.1) is 6.92 Å². The fraction of sp³-hybridized carbons (Fsp3) is 0.188. The van der Waals surface area contributed by atoms with E-state index in [2.05, 4.69) is 0 Å². The van der Waals surface area contributed by atoms with Gasteiger partial charge in [0.2, 0.25) is 5.78 Å². The van der Waals surface area contributed by atoms with Gasteiger partial charge >= 0.3 is 0 Å². The predicted octanol–water partition coefficient (Wildman–Crippen LogP) is 4.30. The quantitative estimate of drug-likeness (QED) is 0.777. The van der Waals surface area contributed by atoms with Crippen LogP contribution in [-0.2, 0) is 0 Å². The number of ether oxygens (including phenoxy) is 1. The fourth-order valence-electron chi connectivity index (χ4n) is 1.78. The molecule has 3 heteroatoms. The van der Waals surface area contributed by atoms with Crippen LogP contribution in [0.5, 0.6) is 5.75 Å². The second-order valence-corrected chi connectivity index (χ2v) is 4.83. The molecular weight excluding hydrogens is 260 g/mol. The summed E-state index contributed by atoms with van der Waals surface area (Å²) in [4.78, 5) is 12.2. The number of hydrogen-bond donors (Lipinski definition) is 0. The third kappa shape index (κ3) is 3.36. The molecule has 0 heterocycles. The highest BCUT2D eigenvalue weighted by Crippen LogP contribution is 2.19. The van der Waals surface area contributed by atoms with E-state index in [9.17, 15) is 4.79 Å². The number of para-hydroxylation sites is 1. The lowest BCUT2D eigenvalue weighted by molar-refractivity contribution is 0.0817. The number of aryl methyl sites for hydroxylation is 1. The van der Waals surface area contributed by atoms with Gasteiger partial charge in [-0.3, -0.25) is 4.79 Å². The molecule has 0 N–H and O–H groups in total. The number of halogens is 1. The number of carbonyl (C=O) groups excluding carboxylic acids is 1. The van der Waals surface area contributed by atoms with Crippen LogP contribution in [0.1, 0.15) is 22.8 Å².